The molecule has 0 heterocycles. The van der Waals surface area contributed by atoms with Crippen molar-refractivity contribution in [2.75, 3.05) is 25.1 Å². The Bertz CT molecular complexity index is 967. The molecule has 2 aromatic carbocycles. The van der Waals surface area contributed by atoms with E-state index in [0.717, 1.165) is 4.31 Å². The number of nitrogens with one attached hydrogen (secondary N) is 1. The van der Waals surface area contributed by atoms with Crippen LogP contribution in [0, 0.1) is 11.8 Å². The lowest BCUT2D eigenvalue weighted by Gasteiger charge is -2.29. The Balaban J connectivity index is 2.44. The van der Waals surface area contributed by atoms with E-state index in [-0.39, 0.29) is 35.2 Å². The average molecular weight is 449 g/mol. The number of benzene rings is 2. The molecule has 1 N–H and O–H groups in total. The molecule has 8 heteroatoms. The number of sulfonamides is 1. The highest BCUT2D eigenvalue weighted by molar-refractivity contribution is 7.92. The van der Waals surface area contributed by atoms with Gasteiger partial charge in [-0.15, -0.1) is 0 Å². The van der Waals surface area contributed by atoms with Gasteiger partial charge in [-0.05, 0) is 36.1 Å². The van der Waals surface area contributed by atoms with Gasteiger partial charge >= 0.3 is 0 Å². The monoisotopic (exact) mass is 448 g/mol. The van der Waals surface area contributed by atoms with E-state index >= 15 is 0 Å². The maximum absolute atomic E-state index is 13.5. The quantitative estimate of drug-likeness (QED) is 0.599. The van der Waals surface area contributed by atoms with Crippen LogP contribution in [0.4, 0.5) is 5.69 Å². The maximum atomic E-state index is 13.5. The summed E-state index contributed by atoms with van der Waals surface area (Å²) in [4.78, 5) is 12.9. The molecule has 2 aromatic rings. The van der Waals surface area contributed by atoms with Gasteiger partial charge in [-0.3, -0.25) is 9.10 Å². The summed E-state index contributed by atoms with van der Waals surface area (Å²) in [5.41, 5.74) is 0.401. The van der Waals surface area contributed by atoms with Gasteiger partial charge < -0.3 is 14.8 Å². The fourth-order valence-corrected chi connectivity index (χ4v) is 4.92. The molecule has 0 spiro atoms. The fourth-order valence-electron chi connectivity index (χ4n) is 3.48. The van der Waals surface area contributed by atoms with E-state index < -0.39 is 10.0 Å². The molecule has 0 saturated heterocycles. The first kappa shape index (κ1) is 24.5. The van der Waals surface area contributed by atoms with Gasteiger partial charge in [0, 0.05) is 12.1 Å². The second-order valence-corrected chi connectivity index (χ2v) is 9.81. The Morgan fingerprint density at radius 3 is 2.03 bits per heavy atom. The first-order valence-corrected chi connectivity index (χ1v) is 11.6. The number of para-hydroxylation sites is 1. The van der Waals surface area contributed by atoms with Crippen LogP contribution in [0.25, 0.3) is 0 Å². The summed E-state index contributed by atoms with van der Waals surface area (Å²) in [7, 11) is -1.13. The number of hydrogen-bond acceptors (Lipinski definition) is 5. The molecule has 1 amide bonds. The molecule has 2 rings (SSSR count). The molecular formula is C23H32N2O5S. The Kier molecular flexibility index (Phi) is 8.33. The van der Waals surface area contributed by atoms with Gasteiger partial charge in [0.2, 0.25) is 5.91 Å². The van der Waals surface area contributed by atoms with Gasteiger partial charge in [0.05, 0.1) is 24.8 Å². The molecular weight excluding hydrogens is 416 g/mol. The minimum Gasteiger partial charge on any atom is -0.493 e. The number of amides is 1. The zero-order chi connectivity index (χ0) is 23.2. The average Bonchev–Trinajstić information content (AvgIpc) is 2.75. The third-order valence-corrected chi connectivity index (χ3v) is 6.81. The Labute approximate surface area is 185 Å². The van der Waals surface area contributed by atoms with Crippen LogP contribution in [0.15, 0.2) is 53.4 Å². The van der Waals surface area contributed by atoms with E-state index in [1.165, 1.54) is 32.4 Å². The van der Waals surface area contributed by atoms with Crippen LogP contribution in [0.5, 0.6) is 11.5 Å². The highest BCUT2D eigenvalue weighted by Gasteiger charge is 2.29. The van der Waals surface area contributed by atoms with E-state index in [1.807, 2.05) is 27.7 Å². The number of carbonyl (C=O) groups is 1. The molecule has 0 aliphatic rings. The maximum Gasteiger partial charge on any atom is 0.264 e. The molecule has 31 heavy (non-hydrogen) atoms. The Morgan fingerprint density at radius 2 is 1.52 bits per heavy atom. The third kappa shape index (κ3) is 5.91. The number of rotatable bonds is 10. The summed E-state index contributed by atoms with van der Waals surface area (Å²) in [6.07, 6.45) is 0. The second-order valence-electron chi connectivity index (χ2n) is 7.95. The molecule has 0 fully saturated rings. The summed E-state index contributed by atoms with van der Waals surface area (Å²) in [5, 5.41) is 2.99. The highest BCUT2D eigenvalue weighted by Crippen LogP contribution is 2.32. The van der Waals surface area contributed by atoms with Gasteiger partial charge in [0.15, 0.2) is 11.5 Å². The van der Waals surface area contributed by atoms with Crippen LogP contribution < -0.4 is 19.1 Å². The first-order chi connectivity index (χ1) is 14.6. The number of anilines is 1. The minimum absolute atomic E-state index is 0.00562. The van der Waals surface area contributed by atoms with Crippen LogP contribution in [0.2, 0.25) is 0 Å². The molecule has 0 atom stereocenters. The lowest BCUT2D eigenvalue weighted by Crippen LogP contribution is -2.47. The standard InChI is InChI=1S/C23H32N2O5S/c1-16(2)23(17(3)4)24-22(26)15-25(18-10-8-7-9-11-18)31(27,28)19-12-13-20(29-5)21(14-19)30-6/h7-14,16-17,23H,15H2,1-6H3,(H,24,26). The molecule has 0 aliphatic heterocycles. The van der Waals surface area contributed by atoms with Crippen molar-refractivity contribution >= 4 is 21.6 Å². The van der Waals surface area contributed by atoms with E-state index in [1.54, 1.807) is 30.3 Å². The van der Waals surface area contributed by atoms with Gasteiger partial charge in [0.1, 0.15) is 6.54 Å². The molecule has 0 saturated carbocycles. The number of hydrogen-bond donors (Lipinski definition) is 1. The molecule has 170 valence electrons. The van der Waals surface area contributed by atoms with Crippen molar-refractivity contribution in [3.05, 3.63) is 48.5 Å². The number of methoxy groups -OCH3 is 2. The minimum atomic E-state index is -4.05. The normalized spacial score (nSPS) is 11.6. The number of carbonyl (C=O) groups excluding carboxylic acids is 1. The van der Waals surface area contributed by atoms with Gasteiger partial charge in [-0.25, -0.2) is 8.42 Å². The van der Waals surface area contributed by atoms with Crippen molar-refractivity contribution < 1.29 is 22.7 Å². The topological polar surface area (TPSA) is 84.9 Å². The van der Waals surface area contributed by atoms with Crippen molar-refractivity contribution in [1.29, 1.82) is 0 Å². The van der Waals surface area contributed by atoms with Gasteiger partial charge in [0.25, 0.3) is 10.0 Å². The molecule has 0 unspecified atom stereocenters. The summed E-state index contributed by atoms with van der Waals surface area (Å²) < 4.78 is 38.7. The third-order valence-electron chi connectivity index (χ3n) is 5.04. The van der Waals surface area contributed by atoms with Crippen LogP contribution in [0.1, 0.15) is 27.7 Å². The van der Waals surface area contributed by atoms with Crippen LogP contribution >= 0.6 is 0 Å². The van der Waals surface area contributed by atoms with Crippen molar-refractivity contribution in [2.45, 2.75) is 38.6 Å². The largest absolute Gasteiger partial charge is 0.493 e. The van der Waals surface area contributed by atoms with Crippen molar-refractivity contribution in [1.82, 2.24) is 5.32 Å². The van der Waals surface area contributed by atoms with E-state index in [4.69, 9.17) is 9.47 Å². The lowest BCUT2D eigenvalue weighted by atomic mass is 9.93. The van der Waals surface area contributed by atoms with Crippen molar-refractivity contribution in [2.24, 2.45) is 11.8 Å². The van der Waals surface area contributed by atoms with Crippen molar-refractivity contribution in [3.63, 3.8) is 0 Å². The van der Waals surface area contributed by atoms with Crippen LogP contribution in [-0.4, -0.2) is 41.1 Å². The highest BCUT2D eigenvalue weighted by atomic mass is 32.2. The first-order valence-electron chi connectivity index (χ1n) is 10.2. The number of ether oxygens (including phenoxy) is 2. The van der Waals surface area contributed by atoms with Crippen molar-refractivity contribution in [3.8, 4) is 11.5 Å². The molecule has 0 bridgehead atoms. The molecule has 0 aliphatic carbocycles. The Hall–Kier alpha value is -2.74. The summed E-state index contributed by atoms with van der Waals surface area (Å²) in [6, 6.07) is 12.9. The predicted molar refractivity (Wildman–Crippen MR) is 122 cm³/mol. The van der Waals surface area contributed by atoms with Crippen LogP contribution in [0.3, 0.4) is 0 Å². The summed E-state index contributed by atoms with van der Waals surface area (Å²) in [6.45, 7) is 7.78. The zero-order valence-corrected chi connectivity index (χ0v) is 19.8. The van der Waals surface area contributed by atoms with Crippen LogP contribution in [-0.2, 0) is 14.8 Å². The zero-order valence-electron chi connectivity index (χ0n) is 19.0. The molecule has 7 nitrogen and oxygen atoms in total. The van der Waals surface area contributed by atoms with Gasteiger partial charge in [-0.2, -0.15) is 0 Å². The predicted octanol–water partition coefficient (Wildman–Crippen LogP) is 3.70. The van der Waals surface area contributed by atoms with E-state index in [9.17, 15) is 13.2 Å². The smallest absolute Gasteiger partial charge is 0.264 e. The SMILES string of the molecule is COc1ccc(S(=O)(=O)N(CC(=O)NC(C(C)C)C(C)C)c2ccccc2)cc1OC. The Morgan fingerprint density at radius 1 is 0.935 bits per heavy atom. The fraction of sp³-hybridized carbons (Fsp3) is 0.435. The lowest BCUT2D eigenvalue weighted by molar-refractivity contribution is -0.121. The van der Waals surface area contributed by atoms with E-state index in [2.05, 4.69) is 5.32 Å². The summed E-state index contributed by atoms with van der Waals surface area (Å²) in [5.74, 6) is 0.788. The van der Waals surface area contributed by atoms with E-state index in [0.29, 0.717) is 17.2 Å². The molecule has 0 radical (unpaired) electrons. The number of nitrogens with zero attached hydrogens (tertiary/aromatic N) is 1. The second kappa shape index (κ2) is 10.5. The molecule has 0 aromatic heterocycles. The van der Waals surface area contributed by atoms with Gasteiger partial charge in [-0.1, -0.05) is 45.9 Å². The summed E-state index contributed by atoms with van der Waals surface area (Å²) >= 11 is 0.